The molecule has 0 spiro atoms. The molecule has 2 N–H and O–H groups in total. The summed E-state index contributed by atoms with van der Waals surface area (Å²) in [5.41, 5.74) is 9.13. The zero-order valence-electron chi connectivity index (χ0n) is 15.9. The molecule has 1 aliphatic heterocycles. The van der Waals surface area contributed by atoms with Gasteiger partial charge < -0.3 is 10.6 Å². The van der Waals surface area contributed by atoms with Crippen molar-refractivity contribution in [1.29, 1.82) is 0 Å². The number of aromatic nitrogens is 2. The third kappa shape index (κ3) is 4.19. The molecule has 0 unspecified atom stereocenters. The topological polar surface area (TPSA) is 67.4 Å². The minimum atomic E-state index is -0.397. The van der Waals surface area contributed by atoms with E-state index in [2.05, 4.69) is 46.2 Å². The first-order valence-corrected chi connectivity index (χ1v) is 9.82. The van der Waals surface area contributed by atoms with E-state index < -0.39 is 5.91 Å². The van der Waals surface area contributed by atoms with Crippen LogP contribution in [0.3, 0.4) is 0 Å². The Morgan fingerprint density at radius 1 is 1.14 bits per heavy atom. The highest BCUT2D eigenvalue weighted by Crippen LogP contribution is 2.25. The highest BCUT2D eigenvalue weighted by Gasteiger charge is 2.14. The summed E-state index contributed by atoms with van der Waals surface area (Å²) in [5.74, 6) is -0.397. The molecular formula is C21H24ClN5O. The molecule has 0 radical (unpaired) electrons. The van der Waals surface area contributed by atoms with Gasteiger partial charge in [0, 0.05) is 49.3 Å². The van der Waals surface area contributed by atoms with E-state index >= 15 is 0 Å². The van der Waals surface area contributed by atoms with Gasteiger partial charge in [-0.05, 0) is 42.4 Å². The molecule has 0 bridgehead atoms. The average molecular weight is 398 g/mol. The summed E-state index contributed by atoms with van der Waals surface area (Å²) in [7, 11) is 2.17. The zero-order valence-corrected chi connectivity index (χ0v) is 16.7. The van der Waals surface area contributed by atoms with E-state index in [1.54, 1.807) is 6.07 Å². The number of rotatable bonds is 5. The molecule has 1 amide bonds. The lowest BCUT2D eigenvalue weighted by Gasteiger charge is -2.32. The van der Waals surface area contributed by atoms with Gasteiger partial charge in [0.2, 0.25) is 5.91 Å². The first-order chi connectivity index (χ1) is 13.5. The van der Waals surface area contributed by atoms with E-state index in [9.17, 15) is 4.79 Å². The lowest BCUT2D eigenvalue weighted by Crippen LogP contribution is -2.43. The molecule has 0 saturated carbocycles. The fourth-order valence-corrected chi connectivity index (χ4v) is 3.89. The lowest BCUT2D eigenvalue weighted by atomic mass is 10.1. The van der Waals surface area contributed by atoms with Crippen LogP contribution in [0.4, 0.5) is 0 Å². The van der Waals surface area contributed by atoms with E-state index in [4.69, 9.17) is 17.3 Å². The molecule has 6 nitrogen and oxygen atoms in total. The Kier molecular flexibility index (Phi) is 5.35. The van der Waals surface area contributed by atoms with Crippen LogP contribution in [0.25, 0.3) is 16.6 Å². The number of benzene rings is 2. The minimum absolute atomic E-state index is 0.123. The Morgan fingerprint density at radius 3 is 2.54 bits per heavy atom. The van der Waals surface area contributed by atoms with Gasteiger partial charge in [-0.2, -0.15) is 5.10 Å². The molecule has 0 aliphatic carbocycles. The molecular weight excluding hydrogens is 374 g/mol. The van der Waals surface area contributed by atoms with Gasteiger partial charge in [-0.15, -0.1) is 0 Å². The van der Waals surface area contributed by atoms with Crippen molar-refractivity contribution in [3.63, 3.8) is 0 Å². The molecule has 2 aromatic carbocycles. The van der Waals surface area contributed by atoms with Crippen molar-refractivity contribution < 1.29 is 4.79 Å². The van der Waals surface area contributed by atoms with Crippen molar-refractivity contribution in [2.45, 2.75) is 13.0 Å². The number of hydrogen-bond donors (Lipinski definition) is 1. The van der Waals surface area contributed by atoms with Crippen LogP contribution in [0.5, 0.6) is 0 Å². The zero-order chi connectivity index (χ0) is 19.7. The maximum Gasteiger partial charge on any atom is 0.221 e. The van der Waals surface area contributed by atoms with Crippen LogP contribution in [0.1, 0.15) is 11.1 Å². The molecule has 1 saturated heterocycles. The number of carbonyl (C=O) groups excluding carboxylic acids is 1. The van der Waals surface area contributed by atoms with Gasteiger partial charge in [0.1, 0.15) is 0 Å². The molecule has 0 atom stereocenters. The summed E-state index contributed by atoms with van der Waals surface area (Å²) in [6.45, 7) is 5.41. The smallest absolute Gasteiger partial charge is 0.221 e. The molecule has 2 heterocycles. The molecule has 1 aromatic heterocycles. The van der Waals surface area contributed by atoms with Crippen molar-refractivity contribution in [1.82, 2.24) is 19.6 Å². The van der Waals surface area contributed by atoms with Crippen molar-refractivity contribution in [2.75, 3.05) is 33.2 Å². The first-order valence-electron chi connectivity index (χ1n) is 9.44. The standard InChI is InChI=1S/C21H24ClN5O/c1-25-6-8-26(9-7-25)13-15-2-4-19(5-3-15)27-14-17-11-18(22)10-16(12-20(23)28)21(17)24-27/h2-5,10-11,14H,6-9,12-13H2,1H3,(H2,23,28). The number of carbonyl (C=O) groups is 1. The minimum Gasteiger partial charge on any atom is -0.369 e. The van der Waals surface area contributed by atoms with E-state index in [1.165, 1.54) is 5.56 Å². The number of likely N-dealkylation sites (N-methyl/N-ethyl adjacent to an activating group) is 1. The number of amides is 1. The van der Waals surface area contributed by atoms with Gasteiger partial charge in [0.05, 0.1) is 17.6 Å². The Morgan fingerprint density at radius 2 is 1.86 bits per heavy atom. The highest BCUT2D eigenvalue weighted by molar-refractivity contribution is 6.31. The summed E-state index contributed by atoms with van der Waals surface area (Å²) in [5, 5.41) is 6.13. The molecule has 146 valence electrons. The first kappa shape index (κ1) is 18.9. The molecule has 1 fully saturated rings. The summed E-state index contributed by atoms with van der Waals surface area (Å²) >= 11 is 6.19. The normalized spacial score (nSPS) is 15.9. The van der Waals surface area contributed by atoms with Crippen molar-refractivity contribution >= 4 is 28.4 Å². The fourth-order valence-electron chi connectivity index (χ4n) is 3.64. The number of nitrogens with two attached hydrogens (primary N) is 1. The van der Waals surface area contributed by atoms with E-state index in [-0.39, 0.29) is 6.42 Å². The molecule has 3 aromatic rings. The lowest BCUT2D eigenvalue weighted by molar-refractivity contribution is -0.117. The van der Waals surface area contributed by atoms with Crippen molar-refractivity contribution in [3.8, 4) is 5.69 Å². The van der Waals surface area contributed by atoms with Gasteiger partial charge in [0.25, 0.3) is 0 Å². The second kappa shape index (κ2) is 7.91. The van der Waals surface area contributed by atoms with Crippen LogP contribution in [0, 0.1) is 0 Å². The SMILES string of the molecule is CN1CCN(Cc2ccc(-n3cc4cc(Cl)cc(CC(N)=O)c4n3)cc2)CC1. The largest absolute Gasteiger partial charge is 0.369 e. The third-order valence-electron chi connectivity index (χ3n) is 5.22. The summed E-state index contributed by atoms with van der Waals surface area (Å²) in [6.07, 6.45) is 2.05. The van der Waals surface area contributed by atoms with Crippen molar-refractivity contribution in [2.24, 2.45) is 5.73 Å². The Bertz CT molecular complexity index is 990. The summed E-state index contributed by atoms with van der Waals surface area (Å²) in [4.78, 5) is 16.2. The van der Waals surface area contributed by atoms with Gasteiger partial charge in [-0.25, -0.2) is 4.68 Å². The van der Waals surface area contributed by atoms with Gasteiger partial charge in [-0.1, -0.05) is 23.7 Å². The molecule has 4 rings (SSSR count). The quantitative estimate of drug-likeness (QED) is 0.718. The highest BCUT2D eigenvalue weighted by atomic mass is 35.5. The predicted octanol–water partition coefficient (Wildman–Crippen LogP) is 2.45. The molecule has 7 heteroatoms. The summed E-state index contributed by atoms with van der Waals surface area (Å²) < 4.78 is 1.82. The van der Waals surface area contributed by atoms with Crippen LogP contribution in [-0.4, -0.2) is 58.7 Å². The van der Waals surface area contributed by atoms with Gasteiger partial charge in [-0.3, -0.25) is 9.69 Å². The predicted molar refractivity (Wildman–Crippen MR) is 112 cm³/mol. The van der Waals surface area contributed by atoms with E-state index in [1.807, 2.05) is 16.9 Å². The Hall–Kier alpha value is -2.41. The van der Waals surface area contributed by atoms with Crippen LogP contribution < -0.4 is 5.73 Å². The van der Waals surface area contributed by atoms with Crippen LogP contribution in [0.15, 0.2) is 42.6 Å². The van der Waals surface area contributed by atoms with Gasteiger partial charge >= 0.3 is 0 Å². The number of primary amides is 1. The summed E-state index contributed by atoms with van der Waals surface area (Å²) in [6, 6.07) is 12.1. The third-order valence-corrected chi connectivity index (χ3v) is 5.44. The fraction of sp³-hybridized carbons (Fsp3) is 0.333. The Labute approximate surface area is 169 Å². The second-order valence-corrected chi connectivity index (χ2v) is 7.90. The second-order valence-electron chi connectivity index (χ2n) is 7.47. The average Bonchev–Trinajstić information content (AvgIpc) is 3.08. The van der Waals surface area contributed by atoms with Crippen LogP contribution >= 0.6 is 11.6 Å². The monoisotopic (exact) mass is 397 g/mol. The number of piperazine rings is 1. The Balaban J connectivity index is 1.55. The number of fused-ring (bicyclic) bond motifs is 1. The maximum absolute atomic E-state index is 11.4. The van der Waals surface area contributed by atoms with Gasteiger partial charge in [0.15, 0.2) is 0 Å². The van der Waals surface area contributed by atoms with E-state index in [0.717, 1.165) is 54.9 Å². The van der Waals surface area contributed by atoms with E-state index in [0.29, 0.717) is 5.02 Å². The maximum atomic E-state index is 11.4. The molecule has 1 aliphatic rings. The van der Waals surface area contributed by atoms with Crippen LogP contribution in [0.2, 0.25) is 5.02 Å². The molecule has 28 heavy (non-hydrogen) atoms. The number of nitrogens with zero attached hydrogens (tertiary/aromatic N) is 4. The number of halogens is 1. The number of hydrogen-bond acceptors (Lipinski definition) is 4. The van der Waals surface area contributed by atoms with Crippen LogP contribution in [-0.2, 0) is 17.8 Å². The van der Waals surface area contributed by atoms with Crippen molar-refractivity contribution in [3.05, 3.63) is 58.7 Å².